The molecule has 1 aliphatic heterocycles. The van der Waals surface area contributed by atoms with Crippen molar-refractivity contribution in [3.05, 3.63) is 54.0 Å². The molecule has 5 heteroatoms. The van der Waals surface area contributed by atoms with Gasteiger partial charge in [0.2, 0.25) is 0 Å². The Hall–Kier alpha value is -2.45. The summed E-state index contributed by atoms with van der Waals surface area (Å²) in [5.41, 5.74) is 1.07. The fourth-order valence-electron chi connectivity index (χ4n) is 2.66. The van der Waals surface area contributed by atoms with Crippen molar-refractivity contribution in [1.82, 2.24) is 9.97 Å². The summed E-state index contributed by atoms with van der Waals surface area (Å²) < 4.78 is 6.00. The number of benzene rings is 1. The molecule has 1 atom stereocenters. The first-order valence-electron chi connectivity index (χ1n) is 6.88. The lowest BCUT2D eigenvalue weighted by Crippen LogP contribution is -2.48. The second-order valence-electron chi connectivity index (χ2n) is 5.21. The molecule has 21 heavy (non-hydrogen) atoms. The summed E-state index contributed by atoms with van der Waals surface area (Å²) >= 11 is 0. The minimum Gasteiger partial charge on any atom is -0.367 e. The predicted molar refractivity (Wildman–Crippen MR) is 78.7 cm³/mol. The van der Waals surface area contributed by atoms with Gasteiger partial charge in [-0.15, -0.1) is 0 Å². The topological polar surface area (TPSA) is 62.0 Å². The number of anilines is 1. The van der Waals surface area contributed by atoms with E-state index in [9.17, 15) is 5.26 Å². The van der Waals surface area contributed by atoms with Gasteiger partial charge in [0.25, 0.3) is 0 Å². The Morgan fingerprint density at radius 1 is 1.24 bits per heavy atom. The normalized spacial score (nSPS) is 21.8. The van der Waals surface area contributed by atoms with E-state index in [1.807, 2.05) is 18.2 Å². The van der Waals surface area contributed by atoms with Crippen LogP contribution >= 0.6 is 0 Å². The van der Waals surface area contributed by atoms with Crippen LogP contribution < -0.4 is 4.90 Å². The van der Waals surface area contributed by atoms with E-state index >= 15 is 0 Å². The Bertz CT molecular complexity index is 667. The summed E-state index contributed by atoms with van der Waals surface area (Å²) in [6, 6.07) is 12.2. The monoisotopic (exact) mass is 280 g/mol. The molecule has 0 bridgehead atoms. The zero-order valence-electron chi connectivity index (χ0n) is 11.9. The van der Waals surface area contributed by atoms with Gasteiger partial charge in [-0.1, -0.05) is 30.3 Å². The highest BCUT2D eigenvalue weighted by Gasteiger charge is 2.35. The van der Waals surface area contributed by atoms with Crippen molar-refractivity contribution in [3.63, 3.8) is 0 Å². The van der Waals surface area contributed by atoms with Crippen molar-refractivity contribution in [3.8, 4) is 6.07 Å². The van der Waals surface area contributed by atoms with Crippen LogP contribution in [-0.4, -0.2) is 29.7 Å². The second-order valence-corrected chi connectivity index (χ2v) is 5.21. The van der Waals surface area contributed by atoms with Crippen LogP contribution in [0.25, 0.3) is 0 Å². The molecule has 106 valence electrons. The smallest absolute Gasteiger partial charge is 0.183 e. The molecule has 5 nitrogen and oxygen atoms in total. The molecule has 0 N–H and O–H groups in total. The van der Waals surface area contributed by atoms with Crippen molar-refractivity contribution in [2.75, 3.05) is 24.6 Å². The number of ether oxygens (including phenoxy) is 1. The lowest BCUT2D eigenvalue weighted by Gasteiger charge is -2.41. The SMILES string of the molecule is CC1(c2ccccc2)CN(c2nccnc2C#N)CCO1. The molecule has 0 spiro atoms. The second kappa shape index (κ2) is 5.51. The average Bonchev–Trinajstić information content (AvgIpc) is 2.56. The summed E-state index contributed by atoms with van der Waals surface area (Å²) in [4.78, 5) is 10.5. The van der Waals surface area contributed by atoms with E-state index in [0.29, 0.717) is 31.2 Å². The van der Waals surface area contributed by atoms with Gasteiger partial charge in [0, 0.05) is 18.9 Å². The molecule has 0 amide bonds. The van der Waals surface area contributed by atoms with Gasteiger partial charge in [-0.05, 0) is 12.5 Å². The molecule has 3 rings (SSSR count). The Morgan fingerprint density at radius 3 is 2.76 bits per heavy atom. The summed E-state index contributed by atoms with van der Waals surface area (Å²) in [6.45, 7) is 4.00. The lowest BCUT2D eigenvalue weighted by atomic mass is 9.94. The zero-order chi connectivity index (χ0) is 14.7. The molecule has 2 aromatic rings. The molecule has 1 saturated heterocycles. The largest absolute Gasteiger partial charge is 0.367 e. The van der Waals surface area contributed by atoms with Crippen LogP contribution in [0.5, 0.6) is 0 Å². The number of aromatic nitrogens is 2. The van der Waals surface area contributed by atoms with Crippen molar-refractivity contribution < 1.29 is 4.74 Å². The Balaban J connectivity index is 1.92. The van der Waals surface area contributed by atoms with Gasteiger partial charge in [-0.2, -0.15) is 5.26 Å². The minimum atomic E-state index is -0.413. The highest BCUT2D eigenvalue weighted by molar-refractivity contribution is 5.50. The molecule has 1 aromatic carbocycles. The molecule has 1 unspecified atom stereocenters. The number of hydrogen-bond acceptors (Lipinski definition) is 5. The summed E-state index contributed by atoms with van der Waals surface area (Å²) in [5, 5.41) is 9.19. The first-order valence-corrected chi connectivity index (χ1v) is 6.88. The fourth-order valence-corrected chi connectivity index (χ4v) is 2.66. The van der Waals surface area contributed by atoms with Gasteiger partial charge in [0.15, 0.2) is 11.5 Å². The third-order valence-corrected chi connectivity index (χ3v) is 3.74. The van der Waals surface area contributed by atoms with E-state index in [4.69, 9.17) is 4.74 Å². The maximum absolute atomic E-state index is 9.19. The third-order valence-electron chi connectivity index (χ3n) is 3.74. The van der Waals surface area contributed by atoms with Gasteiger partial charge >= 0.3 is 0 Å². The van der Waals surface area contributed by atoms with Gasteiger partial charge in [0.1, 0.15) is 11.7 Å². The van der Waals surface area contributed by atoms with Crippen molar-refractivity contribution >= 4 is 5.82 Å². The zero-order valence-corrected chi connectivity index (χ0v) is 11.9. The minimum absolute atomic E-state index is 0.356. The first-order chi connectivity index (χ1) is 10.2. The molecule has 1 aliphatic rings. The maximum Gasteiger partial charge on any atom is 0.183 e. The number of morpholine rings is 1. The van der Waals surface area contributed by atoms with Gasteiger partial charge in [-0.3, -0.25) is 0 Å². The van der Waals surface area contributed by atoms with Crippen LogP contribution in [0.2, 0.25) is 0 Å². The molecule has 1 fully saturated rings. The van der Waals surface area contributed by atoms with E-state index in [0.717, 1.165) is 5.56 Å². The summed E-state index contributed by atoms with van der Waals surface area (Å²) in [6.07, 6.45) is 3.16. The standard InChI is InChI=1S/C16H16N4O/c1-16(13-5-3-2-4-6-13)12-20(9-10-21-16)15-14(11-17)18-7-8-19-15/h2-8H,9-10,12H2,1H3. The third kappa shape index (κ3) is 2.58. The Kier molecular flexibility index (Phi) is 3.55. The van der Waals surface area contributed by atoms with Crippen molar-refractivity contribution in [2.45, 2.75) is 12.5 Å². The number of nitriles is 1. The first kappa shape index (κ1) is 13.5. The van der Waals surface area contributed by atoms with Crippen LogP contribution in [-0.2, 0) is 10.3 Å². The average molecular weight is 280 g/mol. The summed E-state index contributed by atoms with van der Waals surface area (Å²) in [5.74, 6) is 0.630. The quantitative estimate of drug-likeness (QED) is 0.843. The van der Waals surface area contributed by atoms with E-state index in [1.54, 1.807) is 12.4 Å². The molecule has 0 radical (unpaired) electrons. The highest BCUT2D eigenvalue weighted by atomic mass is 16.5. The van der Waals surface area contributed by atoms with Crippen LogP contribution in [0.4, 0.5) is 5.82 Å². The molecular weight excluding hydrogens is 264 g/mol. The Morgan fingerprint density at radius 2 is 2.00 bits per heavy atom. The molecule has 0 saturated carbocycles. The highest BCUT2D eigenvalue weighted by Crippen LogP contribution is 2.31. The molecule has 1 aromatic heterocycles. The molecule has 2 heterocycles. The number of hydrogen-bond donors (Lipinski definition) is 0. The van der Waals surface area contributed by atoms with Crippen LogP contribution in [0, 0.1) is 11.3 Å². The van der Waals surface area contributed by atoms with Crippen molar-refractivity contribution in [2.24, 2.45) is 0 Å². The van der Waals surface area contributed by atoms with Crippen LogP contribution in [0.15, 0.2) is 42.7 Å². The lowest BCUT2D eigenvalue weighted by molar-refractivity contribution is -0.0468. The van der Waals surface area contributed by atoms with Crippen LogP contribution in [0.1, 0.15) is 18.2 Å². The number of rotatable bonds is 2. The predicted octanol–water partition coefficient (Wildman–Crippen LogP) is 2.10. The van der Waals surface area contributed by atoms with E-state index in [-0.39, 0.29) is 0 Å². The van der Waals surface area contributed by atoms with E-state index < -0.39 is 5.60 Å². The van der Waals surface area contributed by atoms with E-state index in [2.05, 4.69) is 40.0 Å². The van der Waals surface area contributed by atoms with Gasteiger partial charge in [0.05, 0.1) is 13.2 Å². The number of nitrogens with zero attached hydrogens (tertiary/aromatic N) is 4. The van der Waals surface area contributed by atoms with Crippen molar-refractivity contribution in [1.29, 1.82) is 5.26 Å². The molecular formula is C16H16N4O. The van der Waals surface area contributed by atoms with Gasteiger partial charge in [-0.25, -0.2) is 9.97 Å². The van der Waals surface area contributed by atoms with Gasteiger partial charge < -0.3 is 9.64 Å². The fraction of sp³-hybridized carbons (Fsp3) is 0.312. The molecule has 0 aliphatic carbocycles. The summed E-state index contributed by atoms with van der Waals surface area (Å²) in [7, 11) is 0. The van der Waals surface area contributed by atoms with Crippen LogP contribution in [0.3, 0.4) is 0 Å². The Labute approximate surface area is 123 Å². The maximum atomic E-state index is 9.19. The van der Waals surface area contributed by atoms with E-state index in [1.165, 1.54) is 0 Å².